The van der Waals surface area contributed by atoms with Crippen LogP contribution in [0.3, 0.4) is 0 Å². The van der Waals surface area contributed by atoms with Crippen LogP contribution < -0.4 is 5.73 Å². The van der Waals surface area contributed by atoms with Gasteiger partial charge in [-0.05, 0) is 12.2 Å². The fourth-order valence-electron chi connectivity index (χ4n) is 2.13. The number of hydrogen-bond acceptors (Lipinski definition) is 7. The van der Waals surface area contributed by atoms with Crippen molar-refractivity contribution < 1.29 is 37.6 Å². The Kier molecular flexibility index (Phi) is 4.16. The van der Waals surface area contributed by atoms with E-state index in [0.29, 0.717) is 10.8 Å². The third kappa shape index (κ3) is 2.36. The zero-order valence-corrected chi connectivity index (χ0v) is 11.5. The Hall–Kier alpha value is -1.34. The summed E-state index contributed by atoms with van der Waals surface area (Å²) in [7, 11) is 0. The molecular formula is C10H11F4N3O4S. The van der Waals surface area contributed by atoms with Crippen molar-refractivity contribution in [2.75, 3.05) is 12.3 Å². The van der Waals surface area contributed by atoms with E-state index in [-0.39, 0.29) is 0 Å². The van der Waals surface area contributed by atoms with Gasteiger partial charge in [-0.1, -0.05) is 0 Å². The van der Waals surface area contributed by atoms with Gasteiger partial charge in [-0.3, -0.25) is 4.57 Å². The number of anilines is 1. The molecule has 5 N–H and O–H groups in total. The highest BCUT2D eigenvalue weighted by molar-refractivity contribution is 7.71. The molecule has 2 heterocycles. The highest BCUT2D eigenvalue weighted by atomic mass is 32.1. The fourth-order valence-corrected chi connectivity index (χ4v) is 2.37. The number of nitrogen functional groups attached to an aromatic ring is 1. The number of aliphatic hydroxyl groups is 3. The van der Waals surface area contributed by atoms with E-state index < -0.39 is 53.2 Å². The average molecular weight is 345 g/mol. The number of ether oxygens (including phenoxy) is 1. The van der Waals surface area contributed by atoms with Crippen LogP contribution in [0.5, 0.6) is 0 Å². The van der Waals surface area contributed by atoms with Gasteiger partial charge in [0.05, 0.1) is 6.61 Å². The molecule has 0 spiro atoms. The van der Waals surface area contributed by atoms with Crippen molar-refractivity contribution in [3.8, 4) is 0 Å². The van der Waals surface area contributed by atoms with Gasteiger partial charge in [0.25, 0.3) is 0 Å². The lowest BCUT2D eigenvalue weighted by atomic mass is 9.93. The molecule has 1 saturated heterocycles. The molecule has 1 aromatic rings. The van der Waals surface area contributed by atoms with Crippen LogP contribution >= 0.6 is 12.2 Å². The summed E-state index contributed by atoms with van der Waals surface area (Å²) in [5.41, 5.74) is 1.32. The summed E-state index contributed by atoms with van der Waals surface area (Å²) >= 11 is 4.68. The second-order valence-electron chi connectivity index (χ2n) is 4.64. The number of rotatable bonds is 2. The van der Waals surface area contributed by atoms with Crippen LogP contribution in [0.15, 0.2) is 6.20 Å². The zero-order chi connectivity index (χ0) is 16.9. The van der Waals surface area contributed by atoms with Gasteiger partial charge in [0.1, 0.15) is 12.2 Å². The van der Waals surface area contributed by atoms with Crippen LogP contribution in [0.2, 0.25) is 0 Å². The van der Waals surface area contributed by atoms with Gasteiger partial charge in [-0.15, -0.1) is 0 Å². The van der Waals surface area contributed by atoms with Gasteiger partial charge in [0.2, 0.25) is 10.4 Å². The third-order valence-corrected chi connectivity index (χ3v) is 3.61. The number of nitrogens with two attached hydrogens (primary N) is 1. The van der Waals surface area contributed by atoms with Crippen LogP contribution in [-0.2, 0) is 4.74 Å². The smallest absolute Gasteiger partial charge is 0.394 e. The minimum Gasteiger partial charge on any atom is -0.394 e. The quantitative estimate of drug-likeness (QED) is 0.436. The standard InChI is InChI=1S/C10H11F4N3O4S/c11-3-1-17(8(22)16-6(3)15)7-9(20,10(12,13)14)5(19)4(2-18)21-7/h1,4-5,7,18-20H,2H2,(H2,15,16,22)/t4-,5?,7-,9-/m1/s1. The number of halogens is 4. The van der Waals surface area contributed by atoms with Crippen LogP contribution in [0.25, 0.3) is 0 Å². The summed E-state index contributed by atoms with van der Waals surface area (Å²) in [5.74, 6) is -1.84. The second-order valence-corrected chi connectivity index (χ2v) is 5.01. The molecule has 0 radical (unpaired) electrons. The van der Waals surface area contributed by atoms with Crippen molar-refractivity contribution in [1.82, 2.24) is 9.55 Å². The zero-order valence-electron chi connectivity index (χ0n) is 10.7. The van der Waals surface area contributed by atoms with E-state index in [4.69, 9.17) is 15.6 Å². The van der Waals surface area contributed by atoms with E-state index in [1.54, 1.807) is 0 Å². The molecule has 0 aromatic carbocycles. The van der Waals surface area contributed by atoms with E-state index in [1.807, 2.05) is 0 Å². The molecule has 2 rings (SSSR count). The Labute approximate surface area is 125 Å². The average Bonchev–Trinajstić information content (AvgIpc) is 2.67. The van der Waals surface area contributed by atoms with Gasteiger partial charge < -0.3 is 25.8 Å². The van der Waals surface area contributed by atoms with Gasteiger partial charge in [0, 0.05) is 6.20 Å². The Morgan fingerprint density at radius 3 is 2.59 bits per heavy atom. The first-order valence-corrected chi connectivity index (χ1v) is 6.22. The highest BCUT2D eigenvalue weighted by Gasteiger charge is 2.70. The van der Waals surface area contributed by atoms with Crippen LogP contribution in [-0.4, -0.2) is 55.5 Å². The lowest BCUT2D eigenvalue weighted by Gasteiger charge is -2.33. The molecule has 1 aromatic heterocycles. The number of alkyl halides is 3. The summed E-state index contributed by atoms with van der Waals surface area (Å²) in [6.07, 6.45) is -11.5. The van der Waals surface area contributed by atoms with Crippen molar-refractivity contribution in [3.63, 3.8) is 0 Å². The molecule has 0 bridgehead atoms. The molecule has 124 valence electrons. The monoisotopic (exact) mass is 345 g/mol. The van der Waals surface area contributed by atoms with Gasteiger partial charge in [-0.25, -0.2) is 4.39 Å². The Balaban J connectivity index is 2.62. The van der Waals surface area contributed by atoms with Gasteiger partial charge >= 0.3 is 6.18 Å². The molecule has 22 heavy (non-hydrogen) atoms. The van der Waals surface area contributed by atoms with Gasteiger partial charge in [-0.2, -0.15) is 18.2 Å². The van der Waals surface area contributed by atoms with Crippen molar-refractivity contribution in [2.45, 2.75) is 30.2 Å². The number of nitrogens with zero attached hydrogens (tertiary/aromatic N) is 2. The highest BCUT2D eigenvalue weighted by Crippen LogP contribution is 2.48. The minimum atomic E-state index is -5.35. The molecule has 1 aliphatic heterocycles. The maximum absolute atomic E-state index is 13.5. The lowest BCUT2D eigenvalue weighted by Crippen LogP contribution is -2.57. The molecule has 0 saturated carbocycles. The minimum absolute atomic E-state index is 0.382. The van der Waals surface area contributed by atoms with Gasteiger partial charge in [0.15, 0.2) is 17.9 Å². The summed E-state index contributed by atoms with van der Waals surface area (Å²) in [6.45, 7) is -1.01. The van der Waals surface area contributed by atoms with Crippen molar-refractivity contribution in [3.05, 3.63) is 16.8 Å². The molecule has 7 nitrogen and oxygen atoms in total. The Bertz CT molecular complexity index is 640. The topological polar surface area (TPSA) is 114 Å². The maximum Gasteiger partial charge on any atom is 0.424 e. The number of aliphatic hydroxyl groups excluding tert-OH is 2. The van der Waals surface area contributed by atoms with Crippen LogP contribution in [0.1, 0.15) is 6.23 Å². The molecule has 0 aliphatic carbocycles. The van der Waals surface area contributed by atoms with E-state index >= 15 is 0 Å². The molecule has 12 heteroatoms. The third-order valence-electron chi connectivity index (χ3n) is 3.30. The molecule has 4 atom stereocenters. The predicted octanol–water partition coefficient (Wildman–Crippen LogP) is -0.122. The summed E-state index contributed by atoms with van der Waals surface area (Å²) in [6, 6.07) is 0. The first-order chi connectivity index (χ1) is 10.0. The molecule has 1 unspecified atom stereocenters. The van der Waals surface area contributed by atoms with Crippen LogP contribution in [0.4, 0.5) is 23.4 Å². The fraction of sp³-hybridized carbons (Fsp3) is 0.600. The first-order valence-electron chi connectivity index (χ1n) is 5.81. The van der Waals surface area contributed by atoms with Crippen molar-refractivity contribution in [2.24, 2.45) is 0 Å². The summed E-state index contributed by atoms with van der Waals surface area (Å²) in [5, 5.41) is 28.5. The number of hydrogen-bond donors (Lipinski definition) is 4. The number of aromatic nitrogens is 2. The SMILES string of the molecule is Nc1nc(=S)n([C@@H]2O[C@H](CO)C(O)[C@]2(O)C(F)(F)F)cc1F. The lowest BCUT2D eigenvalue weighted by molar-refractivity contribution is -0.304. The maximum atomic E-state index is 13.5. The van der Waals surface area contributed by atoms with E-state index in [2.05, 4.69) is 17.2 Å². The Morgan fingerprint density at radius 2 is 2.09 bits per heavy atom. The van der Waals surface area contributed by atoms with E-state index in [1.165, 1.54) is 0 Å². The molecular weight excluding hydrogens is 334 g/mol. The molecule has 0 amide bonds. The van der Waals surface area contributed by atoms with Crippen LogP contribution in [0, 0.1) is 10.6 Å². The first kappa shape index (κ1) is 17.0. The summed E-state index contributed by atoms with van der Waals surface area (Å²) in [4.78, 5) is 3.32. The molecule has 1 fully saturated rings. The predicted molar refractivity (Wildman–Crippen MR) is 65.4 cm³/mol. The van der Waals surface area contributed by atoms with Crippen molar-refractivity contribution in [1.29, 1.82) is 0 Å². The Morgan fingerprint density at radius 1 is 1.50 bits per heavy atom. The van der Waals surface area contributed by atoms with E-state index in [0.717, 1.165) is 0 Å². The summed E-state index contributed by atoms with van der Waals surface area (Å²) < 4.78 is 57.6. The molecule has 1 aliphatic rings. The largest absolute Gasteiger partial charge is 0.424 e. The normalized spacial score (nSPS) is 32.4. The van der Waals surface area contributed by atoms with E-state index in [9.17, 15) is 27.8 Å². The van der Waals surface area contributed by atoms with Crippen molar-refractivity contribution >= 4 is 18.0 Å². The second kappa shape index (κ2) is 5.38.